The minimum Gasteiger partial charge on any atom is -0.497 e. The molecule has 0 unspecified atom stereocenters. The number of methoxy groups -OCH3 is 1. The van der Waals surface area contributed by atoms with Crippen LogP contribution in [-0.2, 0) is 4.74 Å². The zero-order valence-electron chi connectivity index (χ0n) is 13.6. The fourth-order valence-corrected chi connectivity index (χ4v) is 2.57. The largest absolute Gasteiger partial charge is 0.497 e. The van der Waals surface area contributed by atoms with Crippen LogP contribution in [0, 0.1) is 0 Å². The highest BCUT2D eigenvalue weighted by Crippen LogP contribution is 2.26. The third-order valence-corrected chi connectivity index (χ3v) is 4.18. The minimum atomic E-state index is -0.685. The molecule has 0 radical (unpaired) electrons. The Balaban J connectivity index is 1.75. The Labute approximate surface area is 152 Å². The van der Waals surface area contributed by atoms with Crippen LogP contribution in [0.3, 0.4) is 0 Å². The summed E-state index contributed by atoms with van der Waals surface area (Å²) in [4.78, 5) is 12.4. The van der Waals surface area contributed by atoms with Gasteiger partial charge in [0.15, 0.2) is 6.10 Å². The number of hydrogen-bond donors (Lipinski definition) is 0. The number of halogens is 1. The van der Waals surface area contributed by atoms with Crippen molar-refractivity contribution < 1.29 is 18.7 Å². The van der Waals surface area contributed by atoms with Gasteiger partial charge in [0.05, 0.1) is 12.7 Å². The highest BCUT2D eigenvalue weighted by molar-refractivity contribution is 9.10. The van der Waals surface area contributed by atoms with Crippen molar-refractivity contribution in [2.45, 2.75) is 13.0 Å². The van der Waals surface area contributed by atoms with Crippen molar-refractivity contribution in [1.29, 1.82) is 0 Å². The van der Waals surface area contributed by atoms with Crippen molar-refractivity contribution in [1.82, 2.24) is 10.2 Å². The molecule has 1 atom stereocenters. The Morgan fingerprint density at radius 1 is 1.16 bits per heavy atom. The average molecular weight is 403 g/mol. The van der Waals surface area contributed by atoms with E-state index in [9.17, 15) is 4.79 Å². The zero-order valence-corrected chi connectivity index (χ0v) is 15.2. The molecular formula is C18H15BrN2O4. The maximum Gasteiger partial charge on any atom is 0.340 e. The van der Waals surface area contributed by atoms with Crippen molar-refractivity contribution in [3.8, 4) is 17.2 Å². The molecule has 128 valence electrons. The van der Waals surface area contributed by atoms with Crippen molar-refractivity contribution in [2.75, 3.05) is 7.11 Å². The van der Waals surface area contributed by atoms with Crippen molar-refractivity contribution in [2.24, 2.45) is 0 Å². The molecule has 0 saturated heterocycles. The summed E-state index contributed by atoms with van der Waals surface area (Å²) in [5, 5.41) is 7.96. The normalized spacial score (nSPS) is 11.8. The van der Waals surface area contributed by atoms with Gasteiger partial charge in [0, 0.05) is 10.0 Å². The quantitative estimate of drug-likeness (QED) is 0.587. The van der Waals surface area contributed by atoms with Crippen LogP contribution in [-0.4, -0.2) is 23.3 Å². The molecule has 6 nitrogen and oxygen atoms in total. The third kappa shape index (κ3) is 3.88. The Hall–Kier alpha value is -2.67. The second-order valence-corrected chi connectivity index (χ2v) is 6.06. The van der Waals surface area contributed by atoms with Crippen LogP contribution in [0.2, 0.25) is 0 Å². The first-order valence-electron chi connectivity index (χ1n) is 7.52. The number of ether oxygens (including phenoxy) is 2. The second-order valence-electron chi connectivity index (χ2n) is 5.20. The van der Waals surface area contributed by atoms with E-state index >= 15 is 0 Å². The number of aromatic nitrogens is 2. The molecule has 2 aromatic carbocycles. The summed E-state index contributed by atoms with van der Waals surface area (Å²) >= 11 is 3.33. The lowest BCUT2D eigenvalue weighted by molar-refractivity contribution is 0.0278. The van der Waals surface area contributed by atoms with Crippen molar-refractivity contribution in [3.05, 3.63) is 64.5 Å². The van der Waals surface area contributed by atoms with Gasteiger partial charge in [-0.15, -0.1) is 10.2 Å². The van der Waals surface area contributed by atoms with Gasteiger partial charge in [0.1, 0.15) is 5.75 Å². The average Bonchev–Trinajstić information content (AvgIpc) is 3.13. The molecule has 0 spiro atoms. The molecule has 1 heterocycles. The van der Waals surface area contributed by atoms with Gasteiger partial charge >= 0.3 is 5.97 Å². The molecule has 0 aliphatic carbocycles. The van der Waals surface area contributed by atoms with Gasteiger partial charge in [-0.1, -0.05) is 18.2 Å². The van der Waals surface area contributed by atoms with Crippen LogP contribution in [0.15, 0.2) is 57.4 Å². The smallest absolute Gasteiger partial charge is 0.340 e. The van der Waals surface area contributed by atoms with E-state index in [-0.39, 0.29) is 5.89 Å². The first-order valence-corrected chi connectivity index (χ1v) is 8.31. The number of esters is 1. The second kappa shape index (κ2) is 7.48. The summed E-state index contributed by atoms with van der Waals surface area (Å²) < 4.78 is 16.8. The van der Waals surface area contributed by atoms with Gasteiger partial charge < -0.3 is 13.9 Å². The van der Waals surface area contributed by atoms with Crippen molar-refractivity contribution >= 4 is 21.9 Å². The van der Waals surface area contributed by atoms with E-state index in [1.54, 1.807) is 25.1 Å². The van der Waals surface area contributed by atoms with Gasteiger partial charge in [-0.25, -0.2) is 4.79 Å². The summed E-state index contributed by atoms with van der Waals surface area (Å²) in [5.41, 5.74) is 1.16. The molecule has 0 N–H and O–H groups in total. The molecule has 0 fully saturated rings. The maximum absolute atomic E-state index is 12.4. The predicted octanol–water partition coefficient (Wildman–Crippen LogP) is 4.43. The van der Waals surface area contributed by atoms with Crippen LogP contribution in [0.25, 0.3) is 11.5 Å². The van der Waals surface area contributed by atoms with Gasteiger partial charge in [0.2, 0.25) is 5.89 Å². The molecular weight excluding hydrogens is 388 g/mol. The van der Waals surface area contributed by atoms with Crippen LogP contribution in [0.5, 0.6) is 5.75 Å². The molecule has 0 bridgehead atoms. The number of carbonyl (C=O) groups is 1. The monoisotopic (exact) mass is 402 g/mol. The highest BCUT2D eigenvalue weighted by Gasteiger charge is 2.21. The van der Waals surface area contributed by atoms with E-state index in [0.29, 0.717) is 21.7 Å². The molecule has 0 amide bonds. The van der Waals surface area contributed by atoms with E-state index in [1.807, 2.05) is 30.3 Å². The number of rotatable bonds is 5. The molecule has 3 rings (SSSR count). The predicted molar refractivity (Wildman–Crippen MR) is 94.3 cm³/mol. The summed E-state index contributed by atoms with van der Waals surface area (Å²) in [6.45, 7) is 1.67. The lowest BCUT2D eigenvalue weighted by Gasteiger charge is -2.11. The Morgan fingerprint density at radius 3 is 2.64 bits per heavy atom. The fourth-order valence-electron chi connectivity index (χ4n) is 2.16. The number of carbonyl (C=O) groups excluding carboxylic acids is 1. The highest BCUT2D eigenvalue weighted by atomic mass is 79.9. The Morgan fingerprint density at radius 2 is 1.92 bits per heavy atom. The van der Waals surface area contributed by atoms with E-state index in [1.165, 1.54) is 7.11 Å². The van der Waals surface area contributed by atoms with Crippen LogP contribution in [0.1, 0.15) is 29.3 Å². The first-order chi connectivity index (χ1) is 12.1. The first kappa shape index (κ1) is 17.2. The number of hydrogen-bond acceptors (Lipinski definition) is 6. The standard InChI is InChI=1S/C18H15BrN2O4/c1-11(16-20-21-17(25-16)12-6-4-3-5-7-12)24-18(22)14-10-13(23-2)8-9-15(14)19/h3-11H,1-2H3/t11-/m0/s1. The summed E-state index contributed by atoms with van der Waals surface area (Å²) in [6, 6.07) is 14.4. The molecule has 0 aliphatic heterocycles. The van der Waals surface area contributed by atoms with Gasteiger partial charge in [-0.05, 0) is 53.2 Å². The van der Waals surface area contributed by atoms with Gasteiger partial charge in [0.25, 0.3) is 5.89 Å². The molecule has 0 aliphatic rings. The molecule has 7 heteroatoms. The summed E-state index contributed by atoms with van der Waals surface area (Å²) in [7, 11) is 1.53. The van der Waals surface area contributed by atoms with Crippen LogP contribution >= 0.6 is 15.9 Å². The number of benzene rings is 2. The lowest BCUT2D eigenvalue weighted by Crippen LogP contribution is -2.10. The van der Waals surface area contributed by atoms with E-state index in [0.717, 1.165) is 5.56 Å². The van der Waals surface area contributed by atoms with Crippen LogP contribution in [0.4, 0.5) is 0 Å². The lowest BCUT2D eigenvalue weighted by atomic mass is 10.2. The summed E-state index contributed by atoms with van der Waals surface area (Å²) in [5.74, 6) is 0.650. The summed E-state index contributed by atoms with van der Waals surface area (Å²) in [6.07, 6.45) is -0.685. The van der Waals surface area contributed by atoms with E-state index in [2.05, 4.69) is 26.1 Å². The Bertz CT molecular complexity index is 880. The molecule has 3 aromatic rings. The minimum absolute atomic E-state index is 0.228. The third-order valence-electron chi connectivity index (χ3n) is 3.49. The Kier molecular flexibility index (Phi) is 5.14. The topological polar surface area (TPSA) is 74.5 Å². The molecule has 25 heavy (non-hydrogen) atoms. The number of nitrogens with zero attached hydrogens (tertiary/aromatic N) is 2. The van der Waals surface area contributed by atoms with Gasteiger partial charge in [-0.3, -0.25) is 0 Å². The SMILES string of the molecule is COc1ccc(Br)c(C(=O)O[C@@H](C)c2nnc(-c3ccccc3)o2)c1. The molecule has 0 saturated carbocycles. The maximum atomic E-state index is 12.4. The van der Waals surface area contributed by atoms with Gasteiger partial charge in [-0.2, -0.15) is 0 Å². The van der Waals surface area contributed by atoms with E-state index < -0.39 is 12.1 Å². The molecule has 1 aromatic heterocycles. The zero-order chi connectivity index (χ0) is 17.8. The van der Waals surface area contributed by atoms with E-state index in [4.69, 9.17) is 13.9 Å². The van der Waals surface area contributed by atoms with Crippen molar-refractivity contribution in [3.63, 3.8) is 0 Å². The van der Waals surface area contributed by atoms with Crippen LogP contribution < -0.4 is 4.74 Å². The fraction of sp³-hybridized carbons (Fsp3) is 0.167.